The van der Waals surface area contributed by atoms with Gasteiger partial charge >= 0.3 is 5.97 Å². The molecule has 0 saturated heterocycles. The molecule has 1 aromatic heterocycles. The lowest BCUT2D eigenvalue weighted by Crippen LogP contribution is -2.25. The molecule has 1 heterocycles. The maximum atomic E-state index is 12.6. The largest absolute Gasteiger partial charge is 0.493 e. The van der Waals surface area contributed by atoms with E-state index in [1.807, 2.05) is 6.92 Å². The van der Waals surface area contributed by atoms with Gasteiger partial charge in [-0.15, -0.1) is 10.2 Å². The third-order valence-electron chi connectivity index (χ3n) is 4.89. The first-order valence-corrected chi connectivity index (χ1v) is 11.5. The van der Waals surface area contributed by atoms with E-state index in [-0.39, 0.29) is 29.7 Å². The van der Waals surface area contributed by atoms with Gasteiger partial charge in [-0.2, -0.15) is 0 Å². The molecule has 12 heteroatoms. The highest BCUT2D eigenvalue weighted by atomic mass is 32.2. The lowest BCUT2D eigenvalue weighted by atomic mass is 10.2. The molecule has 184 valence electrons. The Bertz CT molecular complexity index is 1230. The maximum absolute atomic E-state index is 12.6. The molecule has 35 heavy (non-hydrogen) atoms. The van der Waals surface area contributed by atoms with Crippen molar-refractivity contribution in [1.82, 2.24) is 20.1 Å². The second-order valence-corrected chi connectivity index (χ2v) is 8.06. The molecule has 3 rings (SSSR count). The van der Waals surface area contributed by atoms with Crippen molar-refractivity contribution >= 4 is 35.2 Å². The number of carbonyl (C=O) groups excluding carboxylic acids is 2. The lowest BCUT2D eigenvalue weighted by Gasteiger charge is -2.11. The van der Waals surface area contributed by atoms with Crippen molar-refractivity contribution in [3.05, 3.63) is 59.4 Å². The topological polar surface area (TPSA) is 145 Å². The molecule has 0 aliphatic heterocycles. The predicted octanol–water partition coefficient (Wildman–Crippen LogP) is 2.67. The molecule has 0 bridgehead atoms. The van der Waals surface area contributed by atoms with Crippen molar-refractivity contribution in [2.45, 2.75) is 25.2 Å². The van der Waals surface area contributed by atoms with Gasteiger partial charge in [0.15, 0.2) is 22.5 Å². The van der Waals surface area contributed by atoms with Gasteiger partial charge in [-0.25, -0.2) is 4.79 Å². The fourth-order valence-corrected chi connectivity index (χ4v) is 3.99. The molecule has 0 atom stereocenters. The van der Waals surface area contributed by atoms with Gasteiger partial charge in [0.05, 0.1) is 32.1 Å². The van der Waals surface area contributed by atoms with E-state index >= 15 is 0 Å². The molecular formula is C23H25N5O6S. The molecule has 0 unspecified atom stereocenters. The number of rotatable bonds is 11. The van der Waals surface area contributed by atoms with Gasteiger partial charge in [-0.1, -0.05) is 17.8 Å². The Hall–Kier alpha value is -4.06. The zero-order valence-electron chi connectivity index (χ0n) is 19.4. The Labute approximate surface area is 205 Å². The summed E-state index contributed by atoms with van der Waals surface area (Å²) in [7, 11) is 3.02. The van der Waals surface area contributed by atoms with Crippen LogP contribution >= 0.6 is 11.8 Å². The second-order valence-electron chi connectivity index (χ2n) is 7.12. The normalized spacial score (nSPS) is 10.5. The molecule has 2 amide bonds. The minimum absolute atomic E-state index is 0.0490. The van der Waals surface area contributed by atoms with Crippen LogP contribution in [0.4, 0.5) is 5.69 Å². The summed E-state index contributed by atoms with van der Waals surface area (Å²) in [5.41, 5.74) is 0.885. The average Bonchev–Trinajstić information content (AvgIpc) is 3.27. The van der Waals surface area contributed by atoms with Crippen LogP contribution in [0.25, 0.3) is 0 Å². The summed E-state index contributed by atoms with van der Waals surface area (Å²) in [5, 5.41) is 23.4. The number of thioether (sulfide) groups is 1. The van der Waals surface area contributed by atoms with Crippen LogP contribution in [0.15, 0.2) is 47.6 Å². The van der Waals surface area contributed by atoms with Crippen LogP contribution in [0.5, 0.6) is 11.5 Å². The summed E-state index contributed by atoms with van der Waals surface area (Å²) < 4.78 is 12.2. The van der Waals surface area contributed by atoms with Gasteiger partial charge in [0.1, 0.15) is 0 Å². The zero-order valence-corrected chi connectivity index (χ0v) is 20.2. The summed E-state index contributed by atoms with van der Waals surface area (Å²) in [5.74, 6) is -0.137. The fraction of sp³-hybridized carbons (Fsp3) is 0.261. The van der Waals surface area contributed by atoms with E-state index in [9.17, 15) is 14.4 Å². The summed E-state index contributed by atoms with van der Waals surface area (Å²) in [4.78, 5) is 36.0. The first kappa shape index (κ1) is 25.6. The number of nitrogens with one attached hydrogen (secondary N) is 2. The van der Waals surface area contributed by atoms with E-state index < -0.39 is 5.97 Å². The van der Waals surface area contributed by atoms with E-state index in [0.717, 1.165) is 0 Å². The van der Waals surface area contributed by atoms with Gasteiger partial charge in [0.2, 0.25) is 5.91 Å². The monoisotopic (exact) mass is 499 g/mol. The zero-order chi connectivity index (χ0) is 25.4. The van der Waals surface area contributed by atoms with Crippen molar-refractivity contribution < 1.29 is 29.0 Å². The molecule has 0 spiro atoms. The molecule has 3 N–H and O–H groups in total. The van der Waals surface area contributed by atoms with Crippen molar-refractivity contribution in [3.8, 4) is 11.5 Å². The Kier molecular flexibility index (Phi) is 8.68. The summed E-state index contributed by atoms with van der Waals surface area (Å²) >= 11 is 1.19. The molecular weight excluding hydrogens is 474 g/mol. The molecule has 0 aliphatic rings. The fourth-order valence-electron chi connectivity index (χ4n) is 3.17. The predicted molar refractivity (Wildman–Crippen MR) is 129 cm³/mol. The highest BCUT2D eigenvalue weighted by molar-refractivity contribution is 7.99. The van der Waals surface area contributed by atoms with Crippen LogP contribution < -0.4 is 20.1 Å². The van der Waals surface area contributed by atoms with Crippen LogP contribution in [0.3, 0.4) is 0 Å². The third kappa shape index (κ3) is 6.51. The van der Waals surface area contributed by atoms with Gasteiger partial charge in [0.25, 0.3) is 5.91 Å². The van der Waals surface area contributed by atoms with Gasteiger partial charge in [-0.05, 0) is 43.3 Å². The number of hydrogen-bond acceptors (Lipinski definition) is 8. The van der Waals surface area contributed by atoms with Crippen LogP contribution in [0, 0.1) is 0 Å². The number of aromatic carboxylic acids is 1. The van der Waals surface area contributed by atoms with Crippen LogP contribution in [-0.2, 0) is 17.9 Å². The number of carbonyl (C=O) groups is 3. The van der Waals surface area contributed by atoms with E-state index in [2.05, 4.69) is 20.8 Å². The Balaban J connectivity index is 1.59. The van der Waals surface area contributed by atoms with E-state index in [1.165, 1.54) is 38.1 Å². The summed E-state index contributed by atoms with van der Waals surface area (Å²) in [6.07, 6.45) is 0. The van der Waals surface area contributed by atoms with Gasteiger partial charge < -0.3 is 29.8 Å². The Morgan fingerprint density at radius 2 is 1.80 bits per heavy atom. The average molecular weight is 500 g/mol. The van der Waals surface area contributed by atoms with E-state index in [4.69, 9.17) is 14.6 Å². The summed E-state index contributed by atoms with van der Waals surface area (Å²) in [6.45, 7) is 2.59. The number of amides is 2. The number of anilines is 1. The van der Waals surface area contributed by atoms with Gasteiger partial charge in [0, 0.05) is 17.8 Å². The van der Waals surface area contributed by atoms with Crippen molar-refractivity contribution in [3.63, 3.8) is 0 Å². The number of carboxylic acids is 1. The SMILES string of the molecule is CCn1c(CNC(=O)c2ccc(OC)c(OC)c2)nnc1SCC(=O)Nc1cccc(C(=O)O)c1. The molecule has 0 saturated carbocycles. The quantitative estimate of drug-likeness (QED) is 0.339. The third-order valence-corrected chi connectivity index (χ3v) is 5.85. The highest BCUT2D eigenvalue weighted by Gasteiger charge is 2.16. The Morgan fingerprint density at radius 3 is 2.49 bits per heavy atom. The van der Waals surface area contributed by atoms with Crippen LogP contribution in [-0.4, -0.2) is 57.6 Å². The second kappa shape index (κ2) is 11.9. The molecule has 0 aliphatic carbocycles. The summed E-state index contributed by atoms with van der Waals surface area (Å²) in [6, 6.07) is 10.9. The first-order valence-electron chi connectivity index (χ1n) is 10.5. The smallest absolute Gasteiger partial charge is 0.335 e. The number of benzene rings is 2. The number of methoxy groups -OCH3 is 2. The van der Waals surface area contributed by atoms with E-state index in [1.54, 1.807) is 34.9 Å². The number of nitrogens with zero attached hydrogens (tertiary/aromatic N) is 3. The first-order chi connectivity index (χ1) is 16.9. The molecule has 3 aromatic rings. The molecule has 2 aromatic carbocycles. The number of ether oxygens (including phenoxy) is 2. The van der Waals surface area contributed by atoms with Crippen LogP contribution in [0.1, 0.15) is 33.5 Å². The van der Waals surface area contributed by atoms with Crippen molar-refractivity contribution in [1.29, 1.82) is 0 Å². The van der Waals surface area contributed by atoms with Crippen LogP contribution in [0.2, 0.25) is 0 Å². The highest BCUT2D eigenvalue weighted by Crippen LogP contribution is 2.27. The van der Waals surface area contributed by atoms with Gasteiger partial charge in [-0.3, -0.25) is 9.59 Å². The standard InChI is InChI=1S/C23H25N5O6S/c1-4-28-19(12-24-21(30)14-8-9-17(33-2)18(11-14)34-3)26-27-23(28)35-13-20(29)25-16-7-5-6-15(10-16)22(31)32/h5-11H,4,12-13H2,1-3H3,(H,24,30)(H,25,29)(H,31,32). The number of aromatic nitrogens is 3. The number of carboxylic acid groups (broad SMARTS) is 1. The minimum Gasteiger partial charge on any atom is -0.493 e. The Morgan fingerprint density at radius 1 is 1.03 bits per heavy atom. The molecule has 0 fully saturated rings. The van der Waals surface area contributed by atoms with E-state index in [0.29, 0.717) is 40.3 Å². The molecule has 0 radical (unpaired) electrons. The molecule has 11 nitrogen and oxygen atoms in total. The maximum Gasteiger partial charge on any atom is 0.335 e. The number of hydrogen-bond donors (Lipinski definition) is 3. The minimum atomic E-state index is -1.07. The van der Waals surface area contributed by atoms with Crippen molar-refractivity contribution in [2.75, 3.05) is 25.3 Å². The van der Waals surface area contributed by atoms with Crippen molar-refractivity contribution in [2.24, 2.45) is 0 Å². The lowest BCUT2D eigenvalue weighted by molar-refractivity contribution is -0.113.